The van der Waals surface area contributed by atoms with Gasteiger partial charge in [-0.2, -0.15) is 0 Å². The quantitative estimate of drug-likeness (QED) is 0.821. The van der Waals surface area contributed by atoms with Crippen LogP contribution < -0.4 is 10.6 Å². The molecule has 4 heteroatoms. The Kier molecular flexibility index (Phi) is 5.43. The van der Waals surface area contributed by atoms with Crippen molar-refractivity contribution in [2.24, 2.45) is 0 Å². The van der Waals surface area contributed by atoms with Crippen LogP contribution in [0.25, 0.3) is 0 Å². The molecule has 0 atom stereocenters. The normalized spacial score (nSPS) is 10.4. The lowest BCUT2D eigenvalue weighted by Crippen LogP contribution is -2.20. The average Bonchev–Trinajstić information content (AvgIpc) is 2.94. The third-order valence-corrected chi connectivity index (χ3v) is 3.42. The molecule has 0 aliphatic rings. The zero-order valence-electron chi connectivity index (χ0n) is 12.7. The van der Waals surface area contributed by atoms with Gasteiger partial charge in [-0.3, -0.25) is 4.79 Å². The van der Waals surface area contributed by atoms with Gasteiger partial charge in [-0.05, 0) is 29.7 Å². The number of carbonyl (C=O) groups is 1. The van der Waals surface area contributed by atoms with Gasteiger partial charge in [-0.1, -0.05) is 25.1 Å². The first-order valence-electron chi connectivity index (χ1n) is 7.40. The maximum Gasteiger partial charge on any atom is 0.224 e. The number of likely N-dealkylation sites (N-methyl/N-ethyl adjacent to an activating group) is 1. The summed E-state index contributed by atoms with van der Waals surface area (Å²) < 4.78 is 2.20. The van der Waals surface area contributed by atoms with Gasteiger partial charge >= 0.3 is 0 Å². The molecule has 21 heavy (non-hydrogen) atoms. The second-order valence-electron chi connectivity index (χ2n) is 5.12. The SMILES string of the molecule is CCCn1ccc(CNc2ccccc2CC(=O)NC)c1. The number of amides is 1. The molecule has 1 aromatic carbocycles. The van der Waals surface area contributed by atoms with Gasteiger partial charge in [0, 0.05) is 38.2 Å². The molecule has 0 aliphatic carbocycles. The second-order valence-corrected chi connectivity index (χ2v) is 5.12. The van der Waals surface area contributed by atoms with Gasteiger partial charge in [0.2, 0.25) is 5.91 Å². The van der Waals surface area contributed by atoms with Crippen LogP contribution in [0.3, 0.4) is 0 Å². The van der Waals surface area contributed by atoms with E-state index in [4.69, 9.17) is 0 Å². The Morgan fingerprint density at radius 2 is 2.05 bits per heavy atom. The van der Waals surface area contributed by atoms with Gasteiger partial charge in [-0.15, -0.1) is 0 Å². The van der Waals surface area contributed by atoms with Crippen LogP contribution in [0.2, 0.25) is 0 Å². The van der Waals surface area contributed by atoms with Gasteiger partial charge in [0.1, 0.15) is 0 Å². The smallest absolute Gasteiger partial charge is 0.224 e. The number of nitrogens with one attached hydrogen (secondary N) is 2. The Hall–Kier alpha value is -2.23. The van der Waals surface area contributed by atoms with Gasteiger partial charge in [-0.25, -0.2) is 0 Å². The van der Waals surface area contributed by atoms with Gasteiger partial charge in [0.25, 0.3) is 0 Å². The van der Waals surface area contributed by atoms with E-state index < -0.39 is 0 Å². The molecule has 0 spiro atoms. The fourth-order valence-electron chi connectivity index (χ4n) is 2.30. The van der Waals surface area contributed by atoms with Crippen LogP contribution in [0.15, 0.2) is 42.7 Å². The predicted octanol–water partition coefficient (Wildman–Crippen LogP) is 2.80. The molecule has 0 fully saturated rings. The van der Waals surface area contributed by atoms with E-state index in [9.17, 15) is 4.79 Å². The predicted molar refractivity (Wildman–Crippen MR) is 86.3 cm³/mol. The van der Waals surface area contributed by atoms with E-state index in [1.807, 2.05) is 24.3 Å². The van der Waals surface area contributed by atoms with Gasteiger partial charge in [0.05, 0.1) is 6.42 Å². The largest absolute Gasteiger partial charge is 0.381 e. The molecule has 2 N–H and O–H groups in total. The van der Waals surface area contributed by atoms with Crippen LogP contribution >= 0.6 is 0 Å². The zero-order chi connectivity index (χ0) is 15.1. The summed E-state index contributed by atoms with van der Waals surface area (Å²) >= 11 is 0. The lowest BCUT2D eigenvalue weighted by molar-refractivity contribution is -0.119. The Labute approximate surface area is 126 Å². The Bertz CT molecular complexity index is 589. The molecule has 0 radical (unpaired) electrons. The van der Waals surface area contributed by atoms with Crippen molar-refractivity contribution < 1.29 is 4.79 Å². The van der Waals surface area contributed by atoms with Gasteiger partial charge < -0.3 is 15.2 Å². The summed E-state index contributed by atoms with van der Waals surface area (Å²) in [6.45, 7) is 3.99. The van der Waals surface area contributed by atoms with Crippen molar-refractivity contribution in [1.29, 1.82) is 0 Å². The topological polar surface area (TPSA) is 46.1 Å². The molecule has 0 unspecified atom stereocenters. The number of hydrogen-bond acceptors (Lipinski definition) is 2. The molecule has 2 aromatic rings. The van der Waals surface area contributed by atoms with Crippen LogP contribution in [0, 0.1) is 0 Å². The zero-order valence-corrected chi connectivity index (χ0v) is 12.7. The summed E-state index contributed by atoms with van der Waals surface area (Å²) in [5, 5.41) is 6.08. The highest BCUT2D eigenvalue weighted by Crippen LogP contribution is 2.17. The average molecular weight is 285 g/mol. The maximum atomic E-state index is 11.5. The van der Waals surface area contributed by atoms with Gasteiger partial charge in [0.15, 0.2) is 0 Å². The van der Waals surface area contributed by atoms with Crippen molar-refractivity contribution in [3.05, 3.63) is 53.9 Å². The van der Waals surface area contributed by atoms with Crippen LogP contribution in [0.4, 0.5) is 5.69 Å². The summed E-state index contributed by atoms with van der Waals surface area (Å²) in [7, 11) is 1.66. The van der Waals surface area contributed by atoms with E-state index in [0.717, 1.165) is 30.8 Å². The van der Waals surface area contributed by atoms with E-state index >= 15 is 0 Å². The molecule has 4 nitrogen and oxygen atoms in total. The maximum absolute atomic E-state index is 11.5. The van der Waals surface area contributed by atoms with Crippen LogP contribution in [0.5, 0.6) is 0 Å². The van der Waals surface area contributed by atoms with E-state index in [-0.39, 0.29) is 5.91 Å². The second kappa shape index (κ2) is 7.53. The highest BCUT2D eigenvalue weighted by atomic mass is 16.1. The minimum absolute atomic E-state index is 0.0262. The summed E-state index contributed by atoms with van der Waals surface area (Å²) in [6.07, 6.45) is 5.81. The number of para-hydroxylation sites is 1. The molecule has 1 amide bonds. The minimum Gasteiger partial charge on any atom is -0.381 e. The monoisotopic (exact) mass is 285 g/mol. The third-order valence-electron chi connectivity index (χ3n) is 3.42. The third kappa shape index (κ3) is 4.38. The lowest BCUT2D eigenvalue weighted by Gasteiger charge is -2.11. The first-order chi connectivity index (χ1) is 10.2. The van der Waals surface area contributed by atoms with Crippen LogP contribution in [0.1, 0.15) is 24.5 Å². The van der Waals surface area contributed by atoms with E-state index in [2.05, 4.69) is 40.6 Å². The molecule has 0 saturated carbocycles. The van der Waals surface area contributed by atoms with Crippen LogP contribution in [-0.4, -0.2) is 17.5 Å². The lowest BCUT2D eigenvalue weighted by atomic mass is 10.1. The summed E-state index contributed by atoms with van der Waals surface area (Å²) in [6, 6.07) is 10.1. The molecule has 0 aliphatic heterocycles. The Morgan fingerprint density at radius 3 is 2.81 bits per heavy atom. The number of aryl methyl sites for hydroxylation is 1. The van der Waals surface area contributed by atoms with E-state index in [1.54, 1.807) is 7.05 Å². The fraction of sp³-hybridized carbons (Fsp3) is 0.353. The van der Waals surface area contributed by atoms with E-state index in [0.29, 0.717) is 6.42 Å². The summed E-state index contributed by atoms with van der Waals surface area (Å²) in [4.78, 5) is 11.5. The first kappa shape index (κ1) is 15.2. The van der Waals surface area contributed by atoms with Crippen LogP contribution in [-0.2, 0) is 24.3 Å². The Balaban J connectivity index is 2.00. The number of nitrogens with zero attached hydrogens (tertiary/aromatic N) is 1. The highest BCUT2D eigenvalue weighted by Gasteiger charge is 2.06. The number of carbonyl (C=O) groups excluding carboxylic acids is 1. The molecule has 112 valence electrons. The number of rotatable bonds is 7. The minimum atomic E-state index is 0.0262. The molecule has 0 bridgehead atoms. The van der Waals surface area contributed by atoms with Crippen molar-refractivity contribution in [1.82, 2.24) is 9.88 Å². The number of aromatic nitrogens is 1. The summed E-state index contributed by atoms with van der Waals surface area (Å²) in [5.74, 6) is 0.0262. The van der Waals surface area contributed by atoms with Crippen molar-refractivity contribution in [2.45, 2.75) is 32.9 Å². The van der Waals surface area contributed by atoms with Crippen molar-refractivity contribution in [3.63, 3.8) is 0 Å². The highest BCUT2D eigenvalue weighted by molar-refractivity contribution is 5.80. The van der Waals surface area contributed by atoms with E-state index in [1.165, 1.54) is 5.56 Å². The first-order valence-corrected chi connectivity index (χ1v) is 7.40. The Morgan fingerprint density at radius 1 is 1.24 bits per heavy atom. The molecule has 1 heterocycles. The van der Waals surface area contributed by atoms with Crippen molar-refractivity contribution in [3.8, 4) is 0 Å². The molecular weight excluding hydrogens is 262 g/mol. The number of benzene rings is 1. The molecule has 2 rings (SSSR count). The number of anilines is 1. The molecule has 0 saturated heterocycles. The molecule has 1 aromatic heterocycles. The standard InChI is InChI=1S/C17H23N3O/c1-3-9-20-10-8-14(13-20)12-19-16-7-5-4-6-15(16)11-17(21)18-2/h4-8,10,13,19H,3,9,11-12H2,1-2H3,(H,18,21). The number of hydrogen-bond donors (Lipinski definition) is 2. The molecular formula is C17H23N3O. The van der Waals surface area contributed by atoms with Crippen molar-refractivity contribution >= 4 is 11.6 Å². The fourth-order valence-corrected chi connectivity index (χ4v) is 2.30. The van der Waals surface area contributed by atoms with Crippen molar-refractivity contribution in [2.75, 3.05) is 12.4 Å². The summed E-state index contributed by atoms with van der Waals surface area (Å²) in [5.41, 5.74) is 3.28.